The highest BCUT2D eigenvalue weighted by Gasteiger charge is 2.41. The summed E-state index contributed by atoms with van der Waals surface area (Å²) in [7, 11) is 3.33. The Hall–Kier alpha value is -2.87. The summed E-state index contributed by atoms with van der Waals surface area (Å²) in [4.78, 5) is 40.1. The molecular formula is C27H43N3O5. The molecule has 0 heterocycles. The van der Waals surface area contributed by atoms with Crippen LogP contribution in [0.3, 0.4) is 0 Å². The molecule has 0 aliphatic heterocycles. The highest BCUT2D eigenvalue weighted by molar-refractivity contribution is 5.91. The molecule has 0 spiro atoms. The van der Waals surface area contributed by atoms with Gasteiger partial charge in [-0.25, -0.2) is 4.79 Å². The fourth-order valence-electron chi connectivity index (χ4n) is 4.18. The molecule has 2 amide bonds. The van der Waals surface area contributed by atoms with Gasteiger partial charge in [0.1, 0.15) is 11.8 Å². The van der Waals surface area contributed by atoms with E-state index in [0.717, 1.165) is 5.56 Å². The molecule has 1 aromatic carbocycles. The molecule has 0 fully saturated rings. The van der Waals surface area contributed by atoms with Gasteiger partial charge in [-0.1, -0.05) is 66.7 Å². The summed E-state index contributed by atoms with van der Waals surface area (Å²) >= 11 is 0. The third-order valence-electron chi connectivity index (χ3n) is 6.52. The summed E-state index contributed by atoms with van der Waals surface area (Å²) in [5.74, 6) is -1.55. The number of amides is 2. The monoisotopic (exact) mass is 489 g/mol. The van der Waals surface area contributed by atoms with E-state index in [-0.39, 0.29) is 29.1 Å². The Bertz CT molecular complexity index is 929. The van der Waals surface area contributed by atoms with Crippen LogP contribution in [0.1, 0.15) is 61.0 Å². The minimum absolute atomic E-state index is 0.0342. The Labute approximate surface area is 209 Å². The average molecular weight is 490 g/mol. The Kier molecular flexibility index (Phi) is 10.1. The first kappa shape index (κ1) is 30.2. The van der Waals surface area contributed by atoms with Gasteiger partial charge < -0.3 is 25.7 Å². The quantitative estimate of drug-likeness (QED) is 0.375. The van der Waals surface area contributed by atoms with E-state index in [9.17, 15) is 24.6 Å². The van der Waals surface area contributed by atoms with Crippen molar-refractivity contribution in [3.05, 3.63) is 41.5 Å². The molecular weight excluding hydrogens is 446 g/mol. The van der Waals surface area contributed by atoms with Crippen molar-refractivity contribution in [3.8, 4) is 5.75 Å². The number of phenols is 1. The van der Waals surface area contributed by atoms with Gasteiger partial charge in [0.05, 0.1) is 12.1 Å². The summed E-state index contributed by atoms with van der Waals surface area (Å²) in [5, 5.41) is 25.0. The predicted octanol–water partition coefficient (Wildman–Crippen LogP) is 3.30. The molecule has 0 aromatic heterocycles. The Morgan fingerprint density at radius 3 is 1.91 bits per heavy atom. The van der Waals surface area contributed by atoms with Gasteiger partial charge in [-0.05, 0) is 43.0 Å². The van der Waals surface area contributed by atoms with Crippen LogP contribution >= 0.6 is 0 Å². The average Bonchev–Trinajstić information content (AvgIpc) is 2.74. The first-order valence-corrected chi connectivity index (χ1v) is 11.9. The number of hydrogen-bond donors (Lipinski definition) is 4. The van der Waals surface area contributed by atoms with E-state index in [2.05, 4.69) is 10.6 Å². The lowest BCUT2D eigenvalue weighted by molar-refractivity contribution is -0.141. The molecule has 0 saturated heterocycles. The van der Waals surface area contributed by atoms with Crippen LogP contribution < -0.4 is 10.6 Å². The van der Waals surface area contributed by atoms with E-state index in [1.54, 1.807) is 44.4 Å². The molecule has 1 rings (SSSR count). The highest BCUT2D eigenvalue weighted by Crippen LogP contribution is 2.30. The van der Waals surface area contributed by atoms with Crippen molar-refractivity contribution >= 4 is 17.8 Å². The summed E-state index contributed by atoms with van der Waals surface area (Å²) in [5.41, 5.74) is -0.235. The van der Waals surface area contributed by atoms with E-state index in [1.807, 2.05) is 48.5 Å². The standard InChI is InChI=1S/C27H43N3O5/c1-16(2)20(15-17(3)25(34)35)30(10)24(33)22(26(4,5)6)29-23(32)21(28-9)27(7,8)18-11-13-19(31)14-12-18/h11-16,20-22,28,31H,1-10H3,(H,29,32)(H,34,35)/b17-15+/t20-,21+,22-/m1/s1. The maximum Gasteiger partial charge on any atom is 0.331 e. The molecule has 0 bridgehead atoms. The van der Waals surface area contributed by atoms with Crippen LogP contribution in [0.2, 0.25) is 0 Å². The van der Waals surface area contributed by atoms with Crippen molar-refractivity contribution in [1.82, 2.24) is 15.5 Å². The number of benzene rings is 1. The van der Waals surface area contributed by atoms with Gasteiger partial charge in [0.15, 0.2) is 0 Å². The van der Waals surface area contributed by atoms with Crippen LogP contribution in [-0.2, 0) is 19.8 Å². The highest BCUT2D eigenvalue weighted by atomic mass is 16.4. The third kappa shape index (κ3) is 7.56. The Morgan fingerprint density at radius 1 is 1.00 bits per heavy atom. The summed E-state index contributed by atoms with van der Waals surface area (Å²) in [6, 6.07) is 4.76. The SMILES string of the molecule is CN[C@@H](C(=O)N[C@H](C(=O)N(C)[C@H](/C=C(\C)C(=O)O)C(C)C)C(C)(C)C)C(C)(C)c1ccc(O)cc1. The first-order valence-electron chi connectivity index (χ1n) is 11.9. The van der Waals surface area contributed by atoms with Crippen LogP contribution in [0.4, 0.5) is 0 Å². The largest absolute Gasteiger partial charge is 0.508 e. The number of carboxylic acids is 1. The minimum atomic E-state index is -1.04. The number of rotatable bonds is 10. The van der Waals surface area contributed by atoms with Crippen LogP contribution in [0.15, 0.2) is 35.9 Å². The zero-order valence-electron chi connectivity index (χ0n) is 22.8. The second-order valence-electron chi connectivity index (χ2n) is 11.1. The van der Waals surface area contributed by atoms with Crippen molar-refractivity contribution in [2.45, 2.75) is 78.9 Å². The van der Waals surface area contributed by atoms with Gasteiger partial charge in [-0.2, -0.15) is 0 Å². The number of carboxylic acid groups (broad SMARTS) is 1. The number of carbonyl (C=O) groups excluding carboxylic acids is 2. The van der Waals surface area contributed by atoms with Crippen molar-refractivity contribution < 1.29 is 24.6 Å². The molecule has 3 atom stereocenters. The zero-order valence-corrected chi connectivity index (χ0v) is 22.8. The molecule has 1 aromatic rings. The lowest BCUT2D eigenvalue weighted by atomic mass is 9.76. The third-order valence-corrected chi connectivity index (χ3v) is 6.52. The number of aromatic hydroxyl groups is 1. The number of nitrogens with one attached hydrogen (secondary N) is 2. The van der Waals surface area contributed by atoms with E-state index in [1.165, 1.54) is 11.8 Å². The molecule has 0 aliphatic carbocycles. The first-order chi connectivity index (χ1) is 15.9. The van der Waals surface area contributed by atoms with Gasteiger partial charge in [0.2, 0.25) is 11.8 Å². The topological polar surface area (TPSA) is 119 Å². The maximum absolute atomic E-state index is 13.7. The van der Waals surface area contributed by atoms with Crippen molar-refractivity contribution in [2.75, 3.05) is 14.1 Å². The van der Waals surface area contributed by atoms with Crippen LogP contribution in [0.5, 0.6) is 5.75 Å². The minimum Gasteiger partial charge on any atom is -0.508 e. The van der Waals surface area contributed by atoms with Gasteiger partial charge >= 0.3 is 5.97 Å². The summed E-state index contributed by atoms with van der Waals surface area (Å²) in [6.07, 6.45) is 1.58. The smallest absolute Gasteiger partial charge is 0.331 e. The van der Waals surface area contributed by atoms with E-state index in [0.29, 0.717) is 0 Å². The lowest BCUT2D eigenvalue weighted by Gasteiger charge is -2.40. The fourth-order valence-corrected chi connectivity index (χ4v) is 4.18. The van der Waals surface area contributed by atoms with Crippen LogP contribution in [0, 0.1) is 11.3 Å². The fraction of sp³-hybridized carbons (Fsp3) is 0.593. The molecule has 0 saturated carbocycles. The lowest BCUT2D eigenvalue weighted by Crippen LogP contribution is -2.61. The van der Waals surface area contributed by atoms with Gasteiger partial charge in [0, 0.05) is 18.0 Å². The van der Waals surface area contributed by atoms with Crippen LogP contribution in [-0.4, -0.2) is 65.1 Å². The van der Waals surface area contributed by atoms with Crippen LogP contribution in [0.25, 0.3) is 0 Å². The van der Waals surface area contributed by atoms with Crippen molar-refractivity contribution in [3.63, 3.8) is 0 Å². The zero-order chi connectivity index (χ0) is 27.3. The van der Waals surface area contributed by atoms with Gasteiger partial charge in [0.25, 0.3) is 0 Å². The van der Waals surface area contributed by atoms with Gasteiger partial charge in [-0.3, -0.25) is 9.59 Å². The molecule has 8 nitrogen and oxygen atoms in total. The number of phenolic OH excluding ortho intramolecular Hbond substituents is 1. The van der Waals surface area contributed by atoms with E-state index >= 15 is 0 Å². The predicted molar refractivity (Wildman–Crippen MR) is 138 cm³/mol. The number of nitrogens with zero attached hydrogens (tertiary/aromatic N) is 1. The summed E-state index contributed by atoms with van der Waals surface area (Å²) < 4.78 is 0. The van der Waals surface area contributed by atoms with Gasteiger partial charge in [-0.15, -0.1) is 0 Å². The molecule has 196 valence electrons. The molecule has 8 heteroatoms. The summed E-state index contributed by atoms with van der Waals surface area (Å²) in [6.45, 7) is 14.8. The normalized spacial score (nSPS) is 15.3. The Morgan fingerprint density at radius 2 is 1.51 bits per heavy atom. The van der Waals surface area contributed by atoms with E-state index < -0.39 is 34.9 Å². The molecule has 0 aliphatic rings. The Balaban J connectivity index is 3.30. The number of aliphatic carboxylic acids is 1. The number of hydrogen-bond acceptors (Lipinski definition) is 5. The number of carbonyl (C=O) groups is 3. The second-order valence-corrected chi connectivity index (χ2v) is 11.1. The maximum atomic E-state index is 13.7. The molecule has 0 unspecified atom stereocenters. The second kappa shape index (κ2) is 11.7. The molecule has 35 heavy (non-hydrogen) atoms. The van der Waals surface area contributed by atoms with E-state index in [4.69, 9.17) is 0 Å². The van der Waals surface area contributed by atoms with Crippen molar-refractivity contribution in [2.24, 2.45) is 11.3 Å². The molecule has 0 radical (unpaired) electrons. The van der Waals surface area contributed by atoms with Crippen molar-refractivity contribution in [1.29, 1.82) is 0 Å². The molecule has 4 N–H and O–H groups in total. The number of likely N-dealkylation sites (N-methyl/N-ethyl adjacent to an activating group) is 2.